The van der Waals surface area contributed by atoms with Gasteiger partial charge in [-0.2, -0.15) is 0 Å². The van der Waals surface area contributed by atoms with Crippen molar-refractivity contribution in [2.75, 3.05) is 6.61 Å². The quantitative estimate of drug-likeness (QED) is 0.533. The minimum absolute atomic E-state index is 0.384. The molecule has 9 heavy (non-hydrogen) atoms. The molecule has 0 bridgehead atoms. The SMILES string of the molecule is O=CCC[C@@H]1CCCO1. The molecule has 2 heteroatoms. The van der Waals surface area contributed by atoms with Crippen molar-refractivity contribution in [2.24, 2.45) is 0 Å². The van der Waals surface area contributed by atoms with Gasteiger partial charge in [0, 0.05) is 13.0 Å². The van der Waals surface area contributed by atoms with Gasteiger partial charge in [-0.1, -0.05) is 0 Å². The van der Waals surface area contributed by atoms with Crippen molar-refractivity contribution in [1.82, 2.24) is 0 Å². The number of hydrogen-bond acceptors (Lipinski definition) is 2. The van der Waals surface area contributed by atoms with Crippen LogP contribution in [0.5, 0.6) is 0 Å². The van der Waals surface area contributed by atoms with Gasteiger partial charge in [-0.3, -0.25) is 0 Å². The predicted octanol–water partition coefficient (Wildman–Crippen LogP) is 1.14. The molecule has 1 atom stereocenters. The van der Waals surface area contributed by atoms with E-state index < -0.39 is 0 Å². The van der Waals surface area contributed by atoms with E-state index in [0.29, 0.717) is 12.5 Å². The number of aldehydes is 1. The van der Waals surface area contributed by atoms with Crippen molar-refractivity contribution in [3.05, 3.63) is 0 Å². The van der Waals surface area contributed by atoms with E-state index in [1.807, 2.05) is 0 Å². The van der Waals surface area contributed by atoms with Crippen LogP contribution in [-0.2, 0) is 9.53 Å². The van der Waals surface area contributed by atoms with Crippen LogP contribution in [0.15, 0.2) is 0 Å². The van der Waals surface area contributed by atoms with Crippen LogP contribution in [0.4, 0.5) is 0 Å². The molecular formula is C7H12O2. The fraction of sp³-hybridized carbons (Fsp3) is 0.857. The second kappa shape index (κ2) is 3.62. The Morgan fingerprint density at radius 2 is 2.56 bits per heavy atom. The summed E-state index contributed by atoms with van der Waals surface area (Å²) in [7, 11) is 0. The average Bonchev–Trinajstić information content (AvgIpc) is 2.34. The smallest absolute Gasteiger partial charge is 0.120 e. The summed E-state index contributed by atoms with van der Waals surface area (Å²) in [6, 6.07) is 0. The fourth-order valence-corrected chi connectivity index (χ4v) is 1.13. The van der Waals surface area contributed by atoms with Gasteiger partial charge in [-0.25, -0.2) is 0 Å². The van der Waals surface area contributed by atoms with Gasteiger partial charge >= 0.3 is 0 Å². The number of rotatable bonds is 3. The topological polar surface area (TPSA) is 26.3 Å². The first-order valence-corrected chi connectivity index (χ1v) is 3.48. The molecule has 1 aliphatic rings. The Kier molecular flexibility index (Phi) is 2.71. The maximum atomic E-state index is 9.91. The Labute approximate surface area is 55.2 Å². The molecule has 1 aliphatic heterocycles. The van der Waals surface area contributed by atoms with E-state index in [1.54, 1.807) is 0 Å². The fourth-order valence-electron chi connectivity index (χ4n) is 1.13. The number of ether oxygens (including phenoxy) is 1. The molecule has 52 valence electrons. The summed E-state index contributed by atoms with van der Waals surface area (Å²) in [5, 5.41) is 0. The highest BCUT2D eigenvalue weighted by Crippen LogP contribution is 2.15. The molecule has 0 saturated carbocycles. The van der Waals surface area contributed by atoms with Gasteiger partial charge in [0.1, 0.15) is 6.29 Å². The first-order chi connectivity index (χ1) is 4.43. The summed E-state index contributed by atoms with van der Waals surface area (Å²) >= 11 is 0. The standard InChI is InChI=1S/C7H12O2/c8-5-1-3-7-4-2-6-9-7/h5,7H,1-4,6H2/t7-/m1/s1. The molecule has 2 nitrogen and oxygen atoms in total. The van der Waals surface area contributed by atoms with Crippen LogP contribution in [0.2, 0.25) is 0 Å². The van der Waals surface area contributed by atoms with Gasteiger partial charge in [-0.05, 0) is 19.3 Å². The lowest BCUT2D eigenvalue weighted by Crippen LogP contribution is -2.03. The van der Waals surface area contributed by atoms with E-state index in [0.717, 1.165) is 25.7 Å². The van der Waals surface area contributed by atoms with Crippen molar-refractivity contribution < 1.29 is 9.53 Å². The van der Waals surface area contributed by atoms with E-state index in [-0.39, 0.29) is 0 Å². The summed E-state index contributed by atoms with van der Waals surface area (Å²) in [6.07, 6.45) is 5.24. The summed E-state index contributed by atoms with van der Waals surface area (Å²) < 4.78 is 5.30. The third-order valence-electron chi connectivity index (χ3n) is 1.63. The molecule has 0 aromatic rings. The molecule has 0 spiro atoms. The zero-order chi connectivity index (χ0) is 6.53. The van der Waals surface area contributed by atoms with Gasteiger partial charge in [-0.15, -0.1) is 0 Å². The predicted molar refractivity (Wildman–Crippen MR) is 34.3 cm³/mol. The van der Waals surface area contributed by atoms with E-state index >= 15 is 0 Å². The molecule has 0 aromatic heterocycles. The third kappa shape index (κ3) is 2.14. The van der Waals surface area contributed by atoms with Crippen molar-refractivity contribution in [3.63, 3.8) is 0 Å². The first-order valence-electron chi connectivity index (χ1n) is 3.48. The van der Waals surface area contributed by atoms with Crippen LogP contribution in [0, 0.1) is 0 Å². The van der Waals surface area contributed by atoms with Crippen LogP contribution in [0.3, 0.4) is 0 Å². The summed E-state index contributed by atoms with van der Waals surface area (Å²) in [6.45, 7) is 0.892. The molecule has 0 aliphatic carbocycles. The van der Waals surface area contributed by atoms with E-state index in [2.05, 4.69) is 0 Å². The van der Waals surface area contributed by atoms with Crippen molar-refractivity contribution in [3.8, 4) is 0 Å². The van der Waals surface area contributed by atoms with Crippen LogP contribution >= 0.6 is 0 Å². The number of carbonyl (C=O) groups excluding carboxylic acids is 1. The van der Waals surface area contributed by atoms with Crippen LogP contribution < -0.4 is 0 Å². The van der Waals surface area contributed by atoms with Gasteiger partial charge in [0.25, 0.3) is 0 Å². The van der Waals surface area contributed by atoms with Crippen molar-refractivity contribution in [1.29, 1.82) is 0 Å². The van der Waals surface area contributed by atoms with Crippen LogP contribution in [0.1, 0.15) is 25.7 Å². The zero-order valence-corrected chi connectivity index (χ0v) is 5.51. The lowest BCUT2D eigenvalue weighted by Gasteiger charge is -2.04. The maximum absolute atomic E-state index is 9.91. The highest BCUT2D eigenvalue weighted by Gasteiger charge is 2.13. The lowest BCUT2D eigenvalue weighted by molar-refractivity contribution is -0.108. The summed E-state index contributed by atoms with van der Waals surface area (Å²) in [4.78, 5) is 9.91. The highest BCUT2D eigenvalue weighted by molar-refractivity contribution is 5.49. The normalized spacial score (nSPS) is 26.4. The molecule has 0 unspecified atom stereocenters. The van der Waals surface area contributed by atoms with Gasteiger partial charge in [0.05, 0.1) is 6.10 Å². The molecule has 0 N–H and O–H groups in total. The first kappa shape index (κ1) is 6.75. The second-order valence-corrected chi connectivity index (χ2v) is 2.38. The third-order valence-corrected chi connectivity index (χ3v) is 1.63. The number of carbonyl (C=O) groups is 1. The Bertz CT molecular complexity index is 84.9. The molecular weight excluding hydrogens is 116 g/mol. The Balaban J connectivity index is 2.04. The van der Waals surface area contributed by atoms with Crippen LogP contribution in [0.25, 0.3) is 0 Å². The monoisotopic (exact) mass is 128 g/mol. The minimum Gasteiger partial charge on any atom is -0.378 e. The molecule has 0 aromatic carbocycles. The van der Waals surface area contributed by atoms with Gasteiger partial charge in [0.15, 0.2) is 0 Å². The summed E-state index contributed by atoms with van der Waals surface area (Å²) in [5.74, 6) is 0. The van der Waals surface area contributed by atoms with E-state index in [9.17, 15) is 4.79 Å². The molecule has 0 radical (unpaired) electrons. The zero-order valence-electron chi connectivity index (χ0n) is 5.51. The lowest BCUT2D eigenvalue weighted by atomic mass is 10.1. The van der Waals surface area contributed by atoms with Crippen molar-refractivity contribution in [2.45, 2.75) is 31.8 Å². The molecule has 1 heterocycles. The Morgan fingerprint density at radius 1 is 1.67 bits per heavy atom. The largest absolute Gasteiger partial charge is 0.378 e. The second-order valence-electron chi connectivity index (χ2n) is 2.38. The van der Waals surface area contributed by atoms with Gasteiger partial charge in [0.2, 0.25) is 0 Å². The number of hydrogen-bond donors (Lipinski definition) is 0. The van der Waals surface area contributed by atoms with E-state index in [4.69, 9.17) is 4.74 Å². The molecule has 1 fully saturated rings. The molecule has 0 amide bonds. The molecule has 1 saturated heterocycles. The Hall–Kier alpha value is -0.370. The van der Waals surface area contributed by atoms with Crippen molar-refractivity contribution >= 4 is 6.29 Å². The average molecular weight is 128 g/mol. The highest BCUT2D eigenvalue weighted by atomic mass is 16.5. The maximum Gasteiger partial charge on any atom is 0.120 e. The molecule has 1 rings (SSSR count). The van der Waals surface area contributed by atoms with Gasteiger partial charge < -0.3 is 9.53 Å². The van der Waals surface area contributed by atoms with E-state index in [1.165, 1.54) is 6.42 Å². The minimum atomic E-state index is 0.384. The summed E-state index contributed by atoms with van der Waals surface area (Å²) in [5.41, 5.74) is 0. The van der Waals surface area contributed by atoms with Crippen LogP contribution in [-0.4, -0.2) is 19.0 Å². The Morgan fingerprint density at radius 3 is 3.11 bits per heavy atom.